The van der Waals surface area contributed by atoms with E-state index in [1.807, 2.05) is 13.8 Å². The molecule has 7 heteroatoms. The molecule has 0 aromatic carbocycles. The molecule has 1 aliphatic rings. The van der Waals surface area contributed by atoms with E-state index in [0.717, 1.165) is 41.3 Å². The van der Waals surface area contributed by atoms with Crippen LogP contribution in [-0.4, -0.2) is 30.8 Å². The van der Waals surface area contributed by atoms with Crippen molar-refractivity contribution in [1.29, 1.82) is 0 Å². The van der Waals surface area contributed by atoms with Gasteiger partial charge in [-0.3, -0.25) is 0 Å². The van der Waals surface area contributed by atoms with Crippen LogP contribution >= 0.6 is 11.3 Å². The second-order valence-electron chi connectivity index (χ2n) is 4.74. The highest BCUT2D eigenvalue weighted by Crippen LogP contribution is 2.19. The maximum atomic E-state index is 12.2. The third kappa shape index (κ3) is 3.75. The van der Waals surface area contributed by atoms with Crippen molar-refractivity contribution >= 4 is 21.5 Å². The number of piperidine rings is 1. The fourth-order valence-corrected chi connectivity index (χ4v) is 4.58. The van der Waals surface area contributed by atoms with Gasteiger partial charge in [-0.25, -0.2) is 4.98 Å². The van der Waals surface area contributed by atoms with Gasteiger partial charge >= 0.3 is 0 Å². The molecule has 1 aromatic rings. The van der Waals surface area contributed by atoms with Crippen LogP contribution in [0.2, 0.25) is 0 Å². The minimum absolute atomic E-state index is 0.355. The normalized spacial score (nSPS) is 17.8. The van der Waals surface area contributed by atoms with Crippen LogP contribution in [0.15, 0.2) is 0 Å². The second kappa shape index (κ2) is 6.30. The van der Waals surface area contributed by atoms with Crippen molar-refractivity contribution < 1.29 is 8.42 Å². The molecule has 1 saturated heterocycles. The molecule has 108 valence electrons. The zero-order chi connectivity index (χ0) is 13.9. The fraction of sp³-hybridized carbons (Fsp3) is 0.750. The number of nitrogens with one attached hydrogen (secondary N) is 1. The van der Waals surface area contributed by atoms with Gasteiger partial charge in [0.25, 0.3) is 10.2 Å². The van der Waals surface area contributed by atoms with E-state index in [1.165, 1.54) is 0 Å². The van der Waals surface area contributed by atoms with Gasteiger partial charge in [-0.15, -0.1) is 11.3 Å². The first-order chi connectivity index (χ1) is 9.03. The Labute approximate surface area is 119 Å². The smallest absolute Gasteiger partial charge is 0.246 e. The minimum atomic E-state index is -3.34. The van der Waals surface area contributed by atoms with Crippen LogP contribution in [-0.2, 0) is 23.2 Å². The minimum Gasteiger partial charge on any atom is -0.246 e. The lowest BCUT2D eigenvalue weighted by atomic mass is 10.2. The zero-order valence-corrected chi connectivity index (χ0v) is 13.1. The summed E-state index contributed by atoms with van der Waals surface area (Å²) >= 11 is 1.57. The summed E-state index contributed by atoms with van der Waals surface area (Å²) in [5, 5.41) is 0.990. The van der Waals surface area contributed by atoms with Crippen molar-refractivity contribution in [3.05, 3.63) is 15.6 Å². The van der Waals surface area contributed by atoms with Gasteiger partial charge in [0.15, 0.2) is 0 Å². The molecular weight excluding hydrogens is 282 g/mol. The zero-order valence-electron chi connectivity index (χ0n) is 11.5. The van der Waals surface area contributed by atoms with Gasteiger partial charge in [0.1, 0.15) is 0 Å². The largest absolute Gasteiger partial charge is 0.279 e. The number of thiazole rings is 1. The van der Waals surface area contributed by atoms with Crippen LogP contribution in [0.4, 0.5) is 0 Å². The van der Waals surface area contributed by atoms with E-state index in [0.29, 0.717) is 19.6 Å². The molecule has 0 amide bonds. The summed E-state index contributed by atoms with van der Waals surface area (Å²) in [4.78, 5) is 5.44. The lowest BCUT2D eigenvalue weighted by Crippen LogP contribution is -2.43. The van der Waals surface area contributed by atoms with Crippen LogP contribution in [0.25, 0.3) is 0 Å². The SMILES string of the molecule is CCc1nc(C)sc1CNS(=O)(=O)N1CCCCC1. The van der Waals surface area contributed by atoms with Crippen molar-refractivity contribution in [3.63, 3.8) is 0 Å². The third-order valence-corrected chi connectivity index (χ3v) is 5.86. The van der Waals surface area contributed by atoms with Gasteiger partial charge in [0.05, 0.1) is 10.7 Å². The number of aryl methyl sites for hydroxylation is 2. The summed E-state index contributed by atoms with van der Waals surface area (Å²) in [5.41, 5.74) is 1.00. The van der Waals surface area contributed by atoms with Gasteiger partial charge in [-0.1, -0.05) is 13.3 Å². The molecule has 5 nitrogen and oxygen atoms in total. The Hall–Kier alpha value is -0.500. The van der Waals surface area contributed by atoms with E-state index in [9.17, 15) is 8.42 Å². The third-order valence-electron chi connectivity index (χ3n) is 3.29. The van der Waals surface area contributed by atoms with Gasteiger partial charge in [-0.2, -0.15) is 17.4 Å². The number of rotatable bonds is 5. The van der Waals surface area contributed by atoms with E-state index in [1.54, 1.807) is 15.6 Å². The van der Waals surface area contributed by atoms with Gasteiger partial charge in [-0.05, 0) is 26.2 Å². The van der Waals surface area contributed by atoms with E-state index < -0.39 is 10.2 Å². The highest BCUT2D eigenvalue weighted by Gasteiger charge is 2.23. The Morgan fingerprint density at radius 3 is 2.63 bits per heavy atom. The van der Waals surface area contributed by atoms with E-state index in [4.69, 9.17) is 0 Å². The maximum absolute atomic E-state index is 12.2. The molecule has 0 aliphatic carbocycles. The summed E-state index contributed by atoms with van der Waals surface area (Å²) in [5.74, 6) is 0. The predicted molar refractivity (Wildman–Crippen MR) is 77.4 cm³/mol. The van der Waals surface area contributed by atoms with Gasteiger partial charge in [0, 0.05) is 24.5 Å². The molecule has 1 aromatic heterocycles. The highest BCUT2D eigenvalue weighted by molar-refractivity contribution is 7.87. The summed E-state index contributed by atoms with van der Waals surface area (Å²) < 4.78 is 28.6. The number of nitrogens with zero attached hydrogens (tertiary/aromatic N) is 2. The average molecular weight is 303 g/mol. The molecule has 0 bridgehead atoms. The number of aromatic nitrogens is 1. The van der Waals surface area contributed by atoms with Crippen LogP contribution in [0.1, 0.15) is 41.8 Å². The topological polar surface area (TPSA) is 62.3 Å². The molecule has 1 fully saturated rings. The first-order valence-corrected chi connectivity index (χ1v) is 8.98. The molecule has 0 radical (unpaired) electrons. The summed E-state index contributed by atoms with van der Waals surface area (Å²) in [6.07, 6.45) is 3.88. The molecular formula is C12H21N3O2S2. The molecule has 2 heterocycles. The molecule has 0 spiro atoms. The molecule has 0 saturated carbocycles. The van der Waals surface area contributed by atoms with E-state index in [2.05, 4.69) is 9.71 Å². The average Bonchev–Trinajstić information content (AvgIpc) is 2.78. The first kappa shape index (κ1) is 14.9. The highest BCUT2D eigenvalue weighted by atomic mass is 32.2. The quantitative estimate of drug-likeness (QED) is 0.903. The Morgan fingerprint density at radius 2 is 2.00 bits per heavy atom. The first-order valence-electron chi connectivity index (χ1n) is 6.73. The number of hydrogen-bond acceptors (Lipinski definition) is 4. The standard InChI is InChI=1S/C12H21N3O2S2/c1-3-11-12(18-10(2)14-11)9-13-19(16,17)15-7-5-4-6-8-15/h13H,3-9H2,1-2H3. The summed E-state index contributed by atoms with van der Waals surface area (Å²) in [7, 11) is -3.34. The second-order valence-corrected chi connectivity index (χ2v) is 7.79. The van der Waals surface area contributed by atoms with Crippen LogP contribution in [0, 0.1) is 6.92 Å². The van der Waals surface area contributed by atoms with Crippen molar-refractivity contribution in [2.45, 2.75) is 46.1 Å². The van der Waals surface area contributed by atoms with Crippen molar-refractivity contribution in [2.75, 3.05) is 13.1 Å². The predicted octanol–water partition coefficient (Wildman–Crippen LogP) is 1.83. The maximum Gasteiger partial charge on any atom is 0.279 e. The van der Waals surface area contributed by atoms with E-state index in [-0.39, 0.29) is 0 Å². The molecule has 0 unspecified atom stereocenters. The number of hydrogen-bond donors (Lipinski definition) is 1. The fourth-order valence-electron chi connectivity index (χ4n) is 2.28. The van der Waals surface area contributed by atoms with E-state index >= 15 is 0 Å². The van der Waals surface area contributed by atoms with Crippen molar-refractivity contribution in [2.24, 2.45) is 0 Å². The molecule has 1 aliphatic heterocycles. The Bertz CT molecular complexity index is 519. The Morgan fingerprint density at radius 1 is 1.32 bits per heavy atom. The van der Waals surface area contributed by atoms with Crippen molar-refractivity contribution in [1.82, 2.24) is 14.0 Å². The van der Waals surface area contributed by atoms with Gasteiger partial charge in [0.2, 0.25) is 0 Å². The molecule has 0 atom stereocenters. The lowest BCUT2D eigenvalue weighted by molar-refractivity contribution is 0.341. The Balaban J connectivity index is 2.00. The summed E-state index contributed by atoms with van der Waals surface area (Å²) in [6, 6.07) is 0. The van der Waals surface area contributed by atoms with Crippen molar-refractivity contribution in [3.8, 4) is 0 Å². The molecule has 2 rings (SSSR count). The molecule has 1 N–H and O–H groups in total. The van der Waals surface area contributed by atoms with Crippen LogP contribution < -0.4 is 4.72 Å². The summed E-state index contributed by atoms with van der Waals surface area (Å²) in [6.45, 7) is 5.62. The monoisotopic (exact) mass is 303 g/mol. The van der Waals surface area contributed by atoms with Crippen LogP contribution in [0.3, 0.4) is 0 Å². The van der Waals surface area contributed by atoms with Crippen LogP contribution in [0.5, 0.6) is 0 Å². The van der Waals surface area contributed by atoms with Gasteiger partial charge < -0.3 is 0 Å². The Kier molecular flexibility index (Phi) is 4.94. The molecule has 19 heavy (non-hydrogen) atoms. The lowest BCUT2D eigenvalue weighted by Gasteiger charge is -2.25.